The third-order valence-electron chi connectivity index (χ3n) is 3.16. The molecule has 0 amide bonds. The maximum absolute atomic E-state index is 10.6. The molecule has 0 saturated carbocycles. The molecule has 1 N–H and O–H groups in total. The molecule has 2 aromatic rings. The lowest BCUT2D eigenvalue weighted by Crippen LogP contribution is -2.10. The zero-order valence-corrected chi connectivity index (χ0v) is 12.1. The van der Waals surface area contributed by atoms with E-state index in [-0.39, 0.29) is 0 Å². The first-order valence-corrected chi connectivity index (χ1v) is 7.17. The van der Waals surface area contributed by atoms with Gasteiger partial charge in [-0.3, -0.25) is 0 Å². The van der Waals surface area contributed by atoms with Gasteiger partial charge in [-0.25, -0.2) is 4.98 Å². The number of ether oxygens (including phenoxy) is 1. The summed E-state index contributed by atoms with van der Waals surface area (Å²) in [6, 6.07) is 7.64. The normalized spacial score (nSPS) is 12.3. The van der Waals surface area contributed by atoms with Gasteiger partial charge in [0.15, 0.2) is 0 Å². The number of aliphatic hydroxyl groups excluding tert-OH is 1. The van der Waals surface area contributed by atoms with Crippen molar-refractivity contribution in [3.05, 3.63) is 48.0 Å². The Morgan fingerprint density at radius 3 is 2.80 bits per heavy atom. The summed E-state index contributed by atoms with van der Waals surface area (Å²) >= 11 is 0. The van der Waals surface area contributed by atoms with Crippen LogP contribution in [0.5, 0.6) is 5.75 Å². The maximum atomic E-state index is 10.6. The zero-order chi connectivity index (χ0) is 14.4. The second kappa shape index (κ2) is 7.10. The Balaban J connectivity index is 2.28. The fourth-order valence-corrected chi connectivity index (χ4v) is 2.20. The van der Waals surface area contributed by atoms with Crippen molar-refractivity contribution in [1.29, 1.82) is 0 Å². The van der Waals surface area contributed by atoms with Crippen molar-refractivity contribution in [2.24, 2.45) is 0 Å². The minimum atomic E-state index is -0.711. The monoisotopic (exact) mass is 274 g/mol. The highest BCUT2D eigenvalue weighted by Gasteiger charge is 2.18. The molecule has 20 heavy (non-hydrogen) atoms. The van der Waals surface area contributed by atoms with Gasteiger partial charge < -0.3 is 14.4 Å². The molecule has 0 bridgehead atoms. The number of benzene rings is 1. The summed E-state index contributed by atoms with van der Waals surface area (Å²) in [5.41, 5.74) is 1.60. The molecule has 2 rings (SSSR count). The SMILES string of the molecule is CCCOc1ccccc1C(O)c1cncn1CCC. The molecule has 1 aromatic heterocycles. The molecule has 1 aromatic carbocycles. The minimum Gasteiger partial charge on any atom is -0.493 e. The van der Waals surface area contributed by atoms with Gasteiger partial charge in [0, 0.05) is 12.1 Å². The highest BCUT2D eigenvalue weighted by atomic mass is 16.5. The third kappa shape index (κ3) is 3.20. The predicted octanol–water partition coefficient (Wildman–Crippen LogP) is 3.16. The number of rotatable bonds is 7. The number of hydrogen-bond donors (Lipinski definition) is 1. The van der Waals surface area contributed by atoms with Crippen LogP contribution in [0.25, 0.3) is 0 Å². The average Bonchev–Trinajstić information content (AvgIpc) is 2.93. The second-order valence-corrected chi connectivity index (χ2v) is 4.80. The Labute approximate surface area is 120 Å². The maximum Gasteiger partial charge on any atom is 0.125 e. The number of aliphatic hydroxyl groups is 1. The van der Waals surface area contributed by atoms with Crippen LogP contribution in [0.4, 0.5) is 0 Å². The fraction of sp³-hybridized carbons (Fsp3) is 0.438. The van der Waals surface area contributed by atoms with Crippen molar-refractivity contribution in [3.8, 4) is 5.75 Å². The smallest absolute Gasteiger partial charge is 0.125 e. The van der Waals surface area contributed by atoms with E-state index in [1.807, 2.05) is 28.8 Å². The van der Waals surface area contributed by atoms with Crippen molar-refractivity contribution in [3.63, 3.8) is 0 Å². The Morgan fingerprint density at radius 2 is 2.05 bits per heavy atom. The number of para-hydroxylation sites is 1. The number of nitrogens with zero attached hydrogens (tertiary/aromatic N) is 2. The topological polar surface area (TPSA) is 47.3 Å². The van der Waals surface area contributed by atoms with Gasteiger partial charge in [-0.15, -0.1) is 0 Å². The first kappa shape index (κ1) is 14.6. The van der Waals surface area contributed by atoms with E-state index in [1.54, 1.807) is 12.5 Å². The fourth-order valence-electron chi connectivity index (χ4n) is 2.20. The molecule has 4 heteroatoms. The molecule has 1 heterocycles. The van der Waals surface area contributed by atoms with E-state index in [2.05, 4.69) is 18.8 Å². The van der Waals surface area contributed by atoms with E-state index in [4.69, 9.17) is 4.74 Å². The van der Waals surface area contributed by atoms with Gasteiger partial charge in [0.25, 0.3) is 0 Å². The van der Waals surface area contributed by atoms with E-state index in [0.29, 0.717) is 6.61 Å². The molecule has 0 spiro atoms. The standard InChI is InChI=1S/C16H22N2O2/c1-3-9-18-12-17-11-14(18)16(19)13-7-5-6-8-15(13)20-10-4-2/h5-8,11-12,16,19H,3-4,9-10H2,1-2H3. The van der Waals surface area contributed by atoms with Crippen LogP contribution in [0.1, 0.15) is 44.1 Å². The first-order chi connectivity index (χ1) is 9.77. The Kier molecular flexibility index (Phi) is 5.18. The number of aryl methyl sites for hydroxylation is 1. The molecule has 4 nitrogen and oxygen atoms in total. The van der Waals surface area contributed by atoms with Crippen LogP contribution in [-0.4, -0.2) is 21.3 Å². The summed E-state index contributed by atoms with van der Waals surface area (Å²) in [6.45, 7) is 5.67. The number of hydrogen-bond acceptors (Lipinski definition) is 3. The van der Waals surface area contributed by atoms with Crippen molar-refractivity contribution in [1.82, 2.24) is 9.55 Å². The number of imidazole rings is 1. The summed E-state index contributed by atoms with van der Waals surface area (Å²) < 4.78 is 7.70. The Morgan fingerprint density at radius 1 is 1.25 bits per heavy atom. The predicted molar refractivity (Wildman–Crippen MR) is 78.8 cm³/mol. The second-order valence-electron chi connectivity index (χ2n) is 4.80. The molecule has 0 aliphatic carbocycles. The minimum absolute atomic E-state index is 0.651. The van der Waals surface area contributed by atoms with Crippen molar-refractivity contribution in [2.75, 3.05) is 6.61 Å². The lowest BCUT2D eigenvalue weighted by molar-refractivity contribution is 0.201. The van der Waals surface area contributed by atoms with Gasteiger partial charge >= 0.3 is 0 Å². The van der Waals surface area contributed by atoms with Crippen LogP contribution < -0.4 is 4.74 Å². The van der Waals surface area contributed by atoms with E-state index in [0.717, 1.165) is 36.4 Å². The van der Waals surface area contributed by atoms with Gasteiger partial charge in [-0.2, -0.15) is 0 Å². The van der Waals surface area contributed by atoms with Gasteiger partial charge in [0.05, 0.1) is 24.8 Å². The summed E-state index contributed by atoms with van der Waals surface area (Å²) in [4.78, 5) is 4.14. The largest absolute Gasteiger partial charge is 0.493 e. The first-order valence-electron chi connectivity index (χ1n) is 7.17. The van der Waals surface area contributed by atoms with Gasteiger partial charge in [-0.05, 0) is 18.9 Å². The molecule has 0 aliphatic rings. The van der Waals surface area contributed by atoms with Gasteiger partial charge in [0.2, 0.25) is 0 Å². The van der Waals surface area contributed by atoms with Crippen molar-refractivity contribution < 1.29 is 9.84 Å². The molecule has 1 atom stereocenters. The van der Waals surface area contributed by atoms with E-state index >= 15 is 0 Å². The molecule has 0 saturated heterocycles. The Hall–Kier alpha value is -1.81. The van der Waals surface area contributed by atoms with Crippen molar-refractivity contribution >= 4 is 0 Å². The summed E-state index contributed by atoms with van der Waals surface area (Å²) in [5.74, 6) is 0.742. The summed E-state index contributed by atoms with van der Waals surface area (Å²) in [5, 5.41) is 10.6. The number of aromatic nitrogens is 2. The Bertz CT molecular complexity index is 537. The molecule has 0 fully saturated rings. The van der Waals surface area contributed by atoms with Gasteiger partial charge in [-0.1, -0.05) is 32.0 Å². The zero-order valence-electron chi connectivity index (χ0n) is 12.1. The van der Waals surface area contributed by atoms with Crippen LogP contribution in [0, 0.1) is 0 Å². The molecular weight excluding hydrogens is 252 g/mol. The van der Waals surface area contributed by atoms with Crippen LogP contribution in [0.2, 0.25) is 0 Å². The van der Waals surface area contributed by atoms with Crippen LogP contribution in [0.15, 0.2) is 36.8 Å². The highest BCUT2D eigenvalue weighted by Crippen LogP contribution is 2.30. The highest BCUT2D eigenvalue weighted by molar-refractivity contribution is 5.38. The van der Waals surface area contributed by atoms with E-state index in [9.17, 15) is 5.11 Å². The van der Waals surface area contributed by atoms with E-state index < -0.39 is 6.10 Å². The van der Waals surface area contributed by atoms with Gasteiger partial charge in [0.1, 0.15) is 11.9 Å². The van der Waals surface area contributed by atoms with Crippen LogP contribution in [-0.2, 0) is 6.54 Å². The van der Waals surface area contributed by atoms with E-state index in [1.165, 1.54) is 0 Å². The molecular formula is C16H22N2O2. The summed E-state index contributed by atoms with van der Waals surface area (Å²) in [6.07, 6.45) is 4.72. The molecule has 0 aliphatic heterocycles. The quantitative estimate of drug-likeness (QED) is 0.843. The van der Waals surface area contributed by atoms with Crippen LogP contribution >= 0.6 is 0 Å². The lowest BCUT2D eigenvalue weighted by atomic mass is 10.1. The van der Waals surface area contributed by atoms with Crippen molar-refractivity contribution in [2.45, 2.75) is 39.3 Å². The third-order valence-corrected chi connectivity index (χ3v) is 3.16. The molecule has 0 radical (unpaired) electrons. The van der Waals surface area contributed by atoms with Crippen LogP contribution in [0.3, 0.4) is 0 Å². The molecule has 1 unspecified atom stereocenters. The average molecular weight is 274 g/mol. The molecule has 108 valence electrons. The summed E-state index contributed by atoms with van der Waals surface area (Å²) in [7, 11) is 0. The lowest BCUT2D eigenvalue weighted by Gasteiger charge is -2.17.